The van der Waals surface area contributed by atoms with E-state index >= 15 is 0 Å². The van der Waals surface area contributed by atoms with Gasteiger partial charge >= 0.3 is 17.9 Å². The Morgan fingerprint density at radius 3 is 1.60 bits per heavy atom. The minimum Gasteiger partial charge on any atom is -0.491 e. The molecule has 246 valence electrons. The number of benzene rings is 2. The third-order valence-corrected chi connectivity index (χ3v) is 7.20. The third-order valence-electron chi connectivity index (χ3n) is 7.20. The minimum atomic E-state index is -0.722. The lowest BCUT2D eigenvalue weighted by atomic mass is 9.91. The molecule has 0 aromatic heterocycles. The molecule has 0 amide bonds. The van der Waals surface area contributed by atoms with Gasteiger partial charge in [0.2, 0.25) is 0 Å². The molecule has 0 aliphatic heterocycles. The van der Waals surface area contributed by atoms with E-state index < -0.39 is 16.8 Å². The first-order valence-corrected chi connectivity index (χ1v) is 15.3. The van der Waals surface area contributed by atoms with Gasteiger partial charge in [0.25, 0.3) is 0 Å². The maximum Gasteiger partial charge on any atom is 0.311 e. The van der Waals surface area contributed by atoms with E-state index in [-0.39, 0.29) is 24.0 Å². The van der Waals surface area contributed by atoms with Crippen LogP contribution in [0, 0.1) is 16.2 Å². The number of ether oxygens (including phenoxy) is 4. The molecule has 0 atom stereocenters. The molecule has 2 aromatic carbocycles. The molecular weight excluding hydrogens is 548 g/mol. The summed E-state index contributed by atoms with van der Waals surface area (Å²) in [5, 5.41) is 10.8. The van der Waals surface area contributed by atoms with E-state index in [1.165, 1.54) is 12.5 Å². The van der Waals surface area contributed by atoms with Gasteiger partial charge in [-0.05, 0) is 83.7 Å². The summed E-state index contributed by atoms with van der Waals surface area (Å²) in [6.45, 7) is 22.3. The van der Waals surface area contributed by atoms with E-state index in [1.54, 1.807) is 13.8 Å². The van der Waals surface area contributed by atoms with Crippen molar-refractivity contribution in [2.75, 3.05) is 33.5 Å². The number of esters is 2. The van der Waals surface area contributed by atoms with Crippen molar-refractivity contribution < 1.29 is 38.4 Å². The van der Waals surface area contributed by atoms with Gasteiger partial charge in [0.1, 0.15) is 19.0 Å². The average molecular weight is 607 g/mol. The van der Waals surface area contributed by atoms with Gasteiger partial charge in [0.05, 0.1) is 36.6 Å². The molecule has 2 rings (SSSR count). The third kappa shape index (κ3) is 16.9. The van der Waals surface area contributed by atoms with E-state index in [1.807, 2.05) is 92.6 Å². The van der Waals surface area contributed by atoms with Crippen LogP contribution in [0.2, 0.25) is 0 Å². The van der Waals surface area contributed by atoms with E-state index in [0.717, 1.165) is 24.0 Å². The number of methoxy groups -OCH3 is 1. The van der Waals surface area contributed by atoms with Crippen molar-refractivity contribution >= 4 is 28.7 Å². The summed E-state index contributed by atoms with van der Waals surface area (Å²) in [6.07, 6.45) is 2.26. The normalized spacial score (nSPS) is 11.0. The maximum absolute atomic E-state index is 11.8. The van der Waals surface area contributed by atoms with Gasteiger partial charge in [-0.2, -0.15) is 0 Å². The number of carbonyl (C=O) groups is 3. The molecule has 0 spiro atoms. The SMILES string of the molecule is CC.CCC(C)(C)C(=O)O.CCC(C)(C)C(=O)OC.CCC(C)(C)C(=O)OCCOCCOc1ccc2ccccc2c1. The molecule has 0 fully saturated rings. The first-order valence-electron chi connectivity index (χ1n) is 15.3. The van der Waals surface area contributed by atoms with Gasteiger partial charge in [-0.3, -0.25) is 14.4 Å². The largest absolute Gasteiger partial charge is 0.491 e. The Hall–Kier alpha value is -3.13. The second-order valence-electron chi connectivity index (χ2n) is 11.6. The van der Waals surface area contributed by atoms with Gasteiger partial charge in [-0.25, -0.2) is 0 Å². The van der Waals surface area contributed by atoms with Crippen molar-refractivity contribution in [2.45, 2.75) is 95.4 Å². The van der Waals surface area contributed by atoms with Crippen LogP contribution in [0.3, 0.4) is 0 Å². The highest BCUT2D eigenvalue weighted by atomic mass is 16.6. The highest BCUT2D eigenvalue weighted by Crippen LogP contribution is 2.22. The van der Waals surface area contributed by atoms with Crippen LogP contribution in [0.5, 0.6) is 5.75 Å². The Labute approximate surface area is 260 Å². The summed E-state index contributed by atoms with van der Waals surface area (Å²) in [5.41, 5.74) is -1.28. The molecule has 8 heteroatoms. The van der Waals surface area contributed by atoms with Crippen molar-refractivity contribution in [3.8, 4) is 5.75 Å². The van der Waals surface area contributed by atoms with Gasteiger partial charge in [-0.15, -0.1) is 0 Å². The molecule has 0 aliphatic rings. The molecule has 0 saturated heterocycles. The number of carboxylic acid groups (broad SMARTS) is 1. The van der Waals surface area contributed by atoms with Crippen molar-refractivity contribution in [1.82, 2.24) is 0 Å². The average Bonchev–Trinajstić information content (AvgIpc) is 3.01. The molecule has 8 nitrogen and oxygen atoms in total. The summed E-state index contributed by atoms with van der Waals surface area (Å²) in [7, 11) is 1.42. The number of carbonyl (C=O) groups excluding carboxylic acids is 2. The summed E-state index contributed by atoms with van der Waals surface area (Å²) in [6, 6.07) is 14.2. The zero-order chi connectivity index (χ0) is 33.7. The number of fused-ring (bicyclic) bond motifs is 1. The first-order chi connectivity index (χ1) is 20.1. The highest BCUT2D eigenvalue weighted by molar-refractivity contribution is 5.83. The van der Waals surface area contributed by atoms with Gasteiger partial charge in [-0.1, -0.05) is 65.0 Å². The van der Waals surface area contributed by atoms with E-state index in [0.29, 0.717) is 26.2 Å². The molecule has 0 bridgehead atoms. The molecule has 0 aliphatic carbocycles. The van der Waals surface area contributed by atoms with Crippen LogP contribution in [-0.2, 0) is 28.6 Å². The quantitative estimate of drug-likeness (QED) is 0.179. The van der Waals surface area contributed by atoms with E-state index in [4.69, 9.17) is 19.3 Å². The molecule has 0 heterocycles. The van der Waals surface area contributed by atoms with E-state index in [2.05, 4.69) is 16.9 Å². The summed E-state index contributed by atoms with van der Waals surface area (Å²) in [5.74, 6) is -0.209. The molecular formula is C35H58O8. The Bertz CT molecular complexity index is 1070. The Morgan fingerprint density at radius 2 is 1.16 bits per heavy atom. The fourth-order valence-corrected chi connectivity index (χ4v) is 2.68. The fraction of sp³-hybridized carbons (Fsp3) is 0.629. The van der Waals surface area contributed by atoms with Gasteiger partial charge in [0, 0.05) is 0 Å². The topological polar surface area (TPSA) is 108 Å². The lowest BCUT2D eigenvalue weighted by Gasteiger charge is -2.20. The summed E-state index contributed by atoms with van der Waals surface area (Å²) in [4.78, 5) is 32.9. The highest BCUT2D eigenvalue weighted by Gasteiger charge is 2.27. The van der Waals surface area contributed by atoms with Crippen LogP contribution in [0.15, 0.2) is 42.5 Å². The summed E-state index contributed by atoms with van der Waals surface area (Å²) >= 11 is 0. The smallest absolute Gasteiger partial charge is 0.311 e. The molecule has 0 radical (unpaired) electrons. The second-order valence-corrected chi connectivity index (χ2v) is 11.6. The molecule has 43 heavy (non-hydrogen) atoms. The van der Waals surface area contributed by atoms with Gasteiger partial charge in [0.15, 0.2) is 0 Å². The monoisotopic (exact) mass is 606 g/mol. The molecule has 1 N–H and O–H groups in total. The van der Waals surface area contributed by atoms with Crippen LogP contribution in [-0.4, -0.2) is 56.6 Å². The minimum absolute atomic E-state index is 0.134. The Morgan fingerprint density at radius 1 is 0.674 bits per heavy atom. The zero-order valence-electron chi connectivity index (χ0n) is 28.8. The number of rotatable bonds is 13. The predicted molar refractivity (Wildman–Crippen MR) is 174 cm³/mol. The number of hydrogen-bond acceptors (Lipinski definition) is 7. The zero-order valence-corrected chi connectivity index (χ0v) is 28.8. The molecule has 2 aromatic rings. The van der Waals surface area contributed by atoms with Crippen molar-refractivity contribution in [1.29, 1.82) is 0 Å². The van der Waals surface area contributed by atoms with Crippen LogP contribution in [0.25, 0.3) is 10.8 Å². The Balaban J connectivity index is 0. The number of carboxylic acids is 1. The maximum atomic E-state index is 11.8. The molecule has 0 saturated carbocycles. The first kappa shape index (κ1) is 42.0. The van der Waals surface area contributed by atoms with Crippen LogP contribution in [0.1, 0.15) is 95.4 Å². The fourth-order valence-electron chi connectivity index (χ4n) is 2.68. The van der Waals surface area contributed by atoms with Crippen molar-refractivity contribution in [2.24, 2.45) is 16.2 Å². The van der Waals surface area contributed by atoms with Crippen LogP contribution in [0.4, 0.5) is 0 Å². The van der Waals surface area contributed by atoms with Crippen molar-refractivity contribution in [3.05, 3.63) is 42.5 Å². The Kier molecular flexibility index (Phi) is 21.0. The standard InChI is InChI=1S/C20H26O4.C7H14O2.C6H12O2.C2H6/c1-4-20(2,3)19(21)24-14-12-22-11-13-23-18-10-9-16-7-5-6-8-17(16)15-18;1-5-7(2,3)6(8)9-4;1-4-6(2,3)5(7)8;1-2/h5-10,15H,4,11-14H2,1-3H3;5H2,1-4H3;4H2,1-3H3,(H,7,8);1-2H3. The van der Waals surface area contributed by atoms with E-state index in [9.17, 15) is 14.4 Å². The van der Waals surface area contributed by atoms with Crippen LogP contribution < -0.4 is 4.74 Å². The number of hydrogen-bond donors (Lipinski definition) is 1. The lowest BCUT2D eigenvalue weighted by molar-refractivity contribution is -0.155. The molecule has 0 unspecified atom stereocenters. The second kappa shape index (κ2) is 21.5. The van der Waals surface area contributed by atoms with Crippen molar-refractivity contribution in [3.63, 3.8) is 0 Å². The van der Waals surface area contributed by atoms with Gasteiger partial charge < -0.3 is 24.1 Å². The number of aliphatic carboxylic acids is 1. The summed E-state index contributed by atoms with van der Waals surface area (Å²) < 4.78 is 20.9. The lowest BCUT2D eigenvalue weighted by Crippen LogP contribution is -2.27. The predicted octanol–water partition coefficient (Wildman–Crippen LogP) is 8.34. The van der Waals surface area contributed by atoms with Crippen LogP contribution >= 0.6 is 0 Å².